The Balaban J connectivity index is 1.52. The number of aryl methyl sites for hydroxylation is 1. The molecule has 8 heteroatoms. The van der Waals surface area contributed by atoms with Crippen LogP contribution in [0.2, 0.25) is 0 Å². The number of nitrogens with zero attached hydrogens (tertiary/aromatic N) is 3. The highest BCUT2D eigenvalue weighted by atomic mass is 32.1. The van der Waals surface area contributed by atoms with E-state index < -0.39 is 5.91 Å². The van der Waals surface area contributed by atoms with Crippen molar-refractivity contribution in [2.24, 2.45) is 0 Å². The van der Waals surface area contributed by atoms with Crippen LogP contribution in [-0.2, 0) is 6.54 Å². The van der Waals surface area contributed by atoms with Crippen molar-refractivity contribution in [1.29, 1.82) is 0 Å². The topological polar surface area (TPSA) is 90.0 Å². The molecule has 1 amide bonds. The van der Waals surface area contributed by atoms with E-state index in [1.165, 1.54) is 28.2 Å². The first-order valence-electron chi connectivity index (χ1n) is 8.98. The second-order valence-electron chi connectivity index (χ2n) is 6.27. The standard InChI is InChI=1S/C20H18N4O3S/c1-2-3-10-24-18(25)9-8-14(23-24)19(26)22-20-21-15(12-28-20)17-11-13-6-4-5-7-16(13)27-17/h4-9,11-12H,2-3,10H2,1H3,(H,21,22,26). The second-order valence-corrected chi connectivity index (χ2v) is 7.13. The molecule has 0 saturated carbocycles. The lowest BCUT2D eigenvalue weighted by molar-refractivity contribution is 0.101. The minimum atomic E-state index is -0.407. The van der Waals surface area contributed by atoms with Crippen molar-refractivity contribution in [3.8, 4) is 11.5 Å². The molecule has 0 radical (unpaired) electrons. The van der Waals surface area contributed by atoms with Gasteiger partial charge in [-0.2, -0.15) is 5.10 Å². The number of hydrogen-bond acceptors (Lipinski definition) is 6. The molecule has 4 rings (SSSR count). The number of para-hydroxylation sites is 1. The van der Waals surface area contributed by atoms with E-state index in [4.69, 9.17) is 4.42 Å². The Hall–Kier alpha value is -3.26. The Bertz CT molecular complexity index is 1160. The third kappa shape index (κ3) is 3.72. The summed E-state index contributed by atoms with van der Waals surface area (Å²) in [6.45, 7) is 2.52. The number of benzene rings is 1. The number of unbranched alkanes of at least 4 members (excludes halogenated alkanes) is 1. The van der Waals surface area contributed by atoms with Gasteiger partial charge in [0.2, 0.25) is 0 Å². The molecule has 4 aromatic rings. The first kappa shape index (κ1) is 18.1. The van der Waals surface area contributed by atoms with Crippen molar-refractivity contribution in [1.82, 2.24) is 14.8 Å². The van der Waals surface area contributed by atoms with E-state index in [0.29, 0.717) is 23.1 Å². The normalized spacial score (nSPS) is 11.0. The van der Waals surface area contributed by atoms with Crippen molar-refractivity contribution in [2.45, 2.75) is 26.3 Å². The van der Waals surface area contributed by atoms with Gasteiger partial charge in [0, 0.05) is 23.4 Å². The molecule has 1 N–H and O–H groups in total. The van der Waals surface area contributed by atoms with Crippen LogP contribution in [0.15, 0.2) is 57.1 Å². The fourth-order valence-corrected chi connectivity index (χ4v) is 3.45. The number of amides is 1. The molecule has 0 fully saturated rings. The lowest BCUT2D eigenvalue weighted by Crippen LogP contribution is -2.26. The van der Waals surface area contributed by atoms with E-state index in [1.807, 2.05) is 42.6 Å². The Labute approximate surface area is 164 Å². The molecule has 0 aliphatic heterocycles. The summed E-state index contributed by atoms with van der Waals surface area (Å²) < 4.78 is 7.12. The molecule has 142 valence electrons. The van der Waals surface area contributed by atoms with Crippen LogP contribution in [0.4, 0.5) is 5.13 Å². The Morgan fingerprint density at radius 1 is 1.25 bits per heavy atom. The summed E-state index contributed by atoms with van der Waals surface area (Å²) in [6, 6.07) is 12.4. The number of rotatable bonds is 6. The van der Waals surface area contributed by atoms with Gasteiger partial charge in [-0.15, -0.1) is 11.3 Å². The smallest absolute Gasteiger partial charge is 0.277 e. The van der Waals surface area contributed by atoms with Crippen LogP contribution in [0.1, 0.15) is 30.3 Å². The van der Waals surface area contributed by atoms with Crippen molar-refractivity contribution in [3.63, 3.8) is 0 Å². The third-order valence-electron chi connectivity index (χ3n) is 4.23. The van der Waals surface area contributed by atoms with Gasteiger partial charge < -0.3 is 4.42 Å². The molecule has 0 aliphatic carbocycles. The first-order valence-corrected chi connectivity index (χ1v) is 9.86. The highest BCUT2D eigenvalue weighted by Gasteiger charge is 2.14. The molecular formula is C20H18N4O3S. The highest BCUT2D eigenvalue weighted by molar-refractivity contribution is 7.14. The van der Waals surface area contributed by atoms with E-state index >= 15 is 0 Å². The van der Waals surface area contributed by atoms with Gasteiger partial charge in [0.1, 0.15) is 17.0 Å². The largest absolute Gasteiger partial charge is 0.454 e. The van der Waals surface area contributed by atoms with E-state index in [0.717, 1.165) is 23.8 Å². The van der Waals surface area contributed by atoms with Crippen molar-refractivity contribution in [3.05, 3.63) is 63.9 Å². The molecule has 0 saturated heterocycles. The number of carbonyl (C=O) groups excluding carboxylic acids is 1. The number of carbonyl (C=O) groups is 1. The Morgan fingerprint density at radius 3 is 2.93 bits per heavy atom. The lowest BCUT2D eigenvalue weighted by atomic mass is 10.2. The summed E-state index contributed by atoms with van der Waals surface area (Å²) in [5.74, 6) is 0.236. The zero-order valence-electron chi connectivity index (χ0n) is 15.2. The molecule has 0 unspecified atom stereocenters. The predicted molar refractivity (Wildman–Crippen MR) is 109 cm³/mol. The number of nitrogens with one attached hydrogen (secondary N) is 1. The van der Waals surface area contributed by atoms with Gasteiger partial charge >= 0.3 is 0 Å². The number of aromatic nitrogens is 3. The minimum absolute atomic E-state index is 0.177. The van der Waals surface area contributed by atoms with Gasteiger partial charge in [0.15, 0.2) is 10.9 Å². The molecular weight excluding hydrogens is 376 g/mol. The van der Waals surface area contributed by atoms with Gasteiger partial charge in [-0.25, -0.2) is 9.67 Å². The summed E-state index contributed by atoms with van der Waals surface area (Å²) in [4.78, 5) is 28.8. The van der Waals surface area contributed by atoms with E-state index in [1.54, 1.807) is 0 Å². The SMILES string of the molecule is CCCCn1nc(C(=O)Nc2nc(-c3cc4ccccc4o3)cs2)ccc1=O. The van der Waals surface area contributed by atoms with Crippen LogP contribution in [0.5, 0.6) is 0 Å². The number of furan rings is 1. The van der Waals surface area contributed by atoms with Crippen molar-refractivity contribution in [2.75, 3.05) is 5.32 Å². The van der Waals surface area contributed by atoms with Crippen LogP contribution < -0.4 is 10.9 Å². The summed E-state index contributed by atoms with van der Waals surface area (Å²) >= 11 is 1.30. The zero-order chi connectivity index (χ0) is 19.5. The Morgan fingerprint density at radius 2 is 2.11 bits per heavy atom. The fourth-order valence-electron chi connectivity index (χ4n) is 2.75. The molecule has 7 nitrogen and oxygen atoms in total. The van der Waals surface area contributed by atoms with Gasteiger partial charge in [-0.05, 0) is 24.6 Å². The number of hydrogen-bond donors (Lipinski definition) is 1. The maximum absolute atomic E-state index is 12.5. The van der Waals surface area contributed by atoms with E-state index in [2.05, 4.69) is 15.4 Å². The molecule has 0 atom stereocenters. The van der Waals surface area contributed by atoms with E-state index in [-0.39, 0.29) is 11.3 Å². The fraction of sp³-hybridized carbons (Fsp3) is 0.200. The zero-order valence-corrected chi connectivity index (χ0v) is 16.0. The van der Waals surface area contributed by atoms with Gasteiger partial charge in [0.25, 0.3) is 11.5 Å². The van der Waals surface area contributed by atoms with Crippen LogP contribution in [0, 0.1) is 0 Å². The third-order valence-corrected chi connectivity index (χ3v) is 4.98. The molecule has 28 heavy (non-hydrogen) atoms. The number of anilines is 1. The molecule has 3 aromatic heterocycles. The summed E-state index contributed by atoms with van der Waals surface area (Å²) in [7, 11) is 0. The quantitative estimate of drug-likeness (QED) is 0.530. The first-order chi connectivity index (χ1) is 13.6. The summed E-state index contributed by atoms with van der Waals surface area (Å²) in [5.41, 5.74) is 1.40. The van der Waals surface area contributed by atoms with Crippen molar-refractivity contribution < 1.29 is 9.21 Å². The maximum Gasteiger partial charge on any atom is 0.277 e. The van der Waals surface area contributed by atoms with Crippen LogP contribution >= 0.6 is 11.3 Å². The average Bonchev–Trinajstić information content (AvgIpc) is 3.33. The summed E-state index contributed by atoms with van der Waals surface area (Å²) in [6.07, 6.45) is 1.76. The highest BCUT2D eigenvalue weighted by Crippen LogP contribution is 2.30. The van der Waals surface area contributed by atoms with E-state index in [9.17, 15) is 9.59 Å². The summed E-state index contributed by atoms with van der Waals surface area (Å²) in [5, 5.41) is 10.1. The molecule has 0 aliphatic rings. The monoisotopic (exact) mass is 394 g/mol. The van der Waals surface area contributed by atoms with Gasteiger partial charge in [0.05, 0.1) is 0 Å². The minimum Gasteiger partial charge on any atom is -0.454 e. The maximum atomic E-state index is 12.5. The molecule has 0 spiro atoms. The Kier molecular flexibility index (Phi) is 5.03. The predicted octanol–water partition coefficient (Wildman–Crippen LogP) is 4.17. The van der Waals surface area contributed by atoms with Gasteiger partial charge in [-0.3, -0.25) is 14.9 Å². The van der Waals surface area contributed by atoms with Crippen molar-refractivity contribution >= 4 is 33.3 Å². The second kappa shape index (κ2) is 7.77. The van der Waals surface area contributed by atoms with Crippen LogP contribution in [0.25, 0.3) is 22.4 Å². The average molecular weight is 394 g/mol. The van der Waals surface area contributed by atoms with Gasteiger partial charge in [-0.1, -0.05) is 31.5 Å². The lowest BCUT2D eigenvalue weighted by Gasteiger charge is -2.05. The van der Waals surface area contributed by atoms with Crippen LogP contribution in [-0.4, -0.2) is 20.7 Å². The number of thiazole rings is 1. The van der Waals surface area contributed by atoms with Crippen LogP contribution in [0.3, 0.4) is 0 Å². The number of fused-ring (bicyclic) bond motifs is 1. The molecule has 0 bridgehead atoms. The molecule has 1 aromatic carbocycles. The molecule has 3 heterocycles.